The molecule has 96 valence electrons. The Morgan fingerprint density at radius 1 is 1.28 bits per heavy atom. The Bertz CT molecular complexity index is 467. The molecule has 0 bridgehead atoms. The van der Waals surface area contributed by atoms with Gasteiger partial charge in [0.15, 0.2) is 0 Å². The molecule has 0 amide bonds. The van der Waals surface area contributed by atoms with Gasteiger partial charge in [-0.05, 0) is 47.1 Å². The smallest absolute Gasteiger partial charge is 0.0470 e. The highest BCUT2D eigenvalue weighted by atomic mass is 35.5. The fraction of sp³-hybridized carbons (Fsp3) is 0.286. The molecule has 4 heteroatoms. The van der Waals surface area contributed by atoms with Crippen LogP contribution in [0, 0.1) is 0 Å². The summed E-state index contributed by atoms with van der Waals surface area (Å²) < 4.78 is 0. The molecule has 1 unspecified atom stereocenters. The van der Waals surface area contributed by atoms with Crippen molar-refractivity contribution in [3.05, 3.63) is 57.2 Å². The normalized spacial score (nSPS) is 12.9. The van der Waals surface area contributed by atoms with Crippen LogP contribution in [0.3, 0.4) is 0 Å². The summed E-state index contributed by atoms with van der Waals surface area (Å²) >= 11 is 7.63. The summed E-state index contributed by atoms with van der Waals surface area (Å²) in [7, 11) is 2.10. The van der Waals surface area contributed by atoms with Gasteiger partial charge in [0.05, 0.1) is 0 Å². The molecule has 2 rings (SSSR count). The van der Waals surface area contributed by atoms with Crippen molar-refractivity contribution in [2.24, 2.45) is 5.73 Å². The molecule has 0 fully saturated rings. The van der Waals surface area contributed by atoms with Gasteiger partial charge in [-0.15, -0.1) is 0 Å². The molecule has 0 aliphatic heterocycles. The van der Waals surface area contributed by atoms with E-state index in [0.29, 0.717) is 6.54 Å². The number of benzene rings is 1. The molecule has 1 atom stereocenters. The number of hydrogen-bond donors (Lipinski definition) is 1. The van der Waals surface area contributed by atoms with Crippen molar-refractivity contribution >= 4 is 22.9 Å². The van der Waals surface area contributed by atoms with Gasteiger partial charge in [0.2, 0.25) is 0 Å². The second-order valence-electron chi connectivity index (χ2n) is 4.35. The van der Waals surface area contributed by atoms with E-state index >= 15 is 0 Å². The fourth-order valence-corrected chi connectivity index (χ4v) is 2.82. The third kappa shape index (κ3) is 3.33. The zero-order valence-corrected chi connectivity index (χ0v) is 11.9. The van der Waals surface area contributed by atoms with Crippen LogP contribution in [-0.4, -0.2) is 18.5 Å². The van der Waals surface area contributed by atoms with Gasteiger partial charge < -0.3 is 5.73 Å². The van der Waals surface area contributed by atoms with Crippen molar-refractivity contribution in [3.63, 3.8) is 0 Å². The predicted molar refractivity (Wildman–Crippen MR) is 79.0 cm³/mol. The first kappa shape index (κ1) is 13.6. The number of nitrogens with zero attached hydrogens (tertiary/aromatic N) is 1. The van der Waals surface area contributed by atoms with E-state index in [1.54, 1.807) is 11.3 Å². The van der Waals surface area contributed by atoms with Crippen LogP contribution in [0.15, 0.2) is 41.1 Å². The predicted octanol–water partition coefficient (Wildman–Crippen LogP) is 3.53. The third-order valence-electron chi connectivity index (χ3n) is 3.02. The molecule has 2 aromatic rings. The van der Waals surface area contributed by atoms with Crippen LogP contribution in [0.5, 0.6) is 0 Å². The molecule has 2 nitrogen and oxygen atoms in total. The maximum absolute atomic E-state index is 5.91. The minimum atomic E-state index is 0.224. The van der Waals surface area contributed by atoms with Crippen molar-refractivity contribution in [1.29, 1.82) is 0 Å². The molecule has 18 heavy (non-hydrogen) atoms. The summed E-state index contributed by atoms with van der Waals surface area (Å²) in [5.74, 6) is 0. The molecule has 1 aromatic carbocycles. The Morgan fingerprint density at radius 2 is 2.00 bits per heavy atom. The monoisotopic (exact) mass is 280 g/mol. The van der Waals surface area contributed by atoms with Crippen molar-refractivity contribution in [2.45, 2.75) is 12.6 Å². The second kappa shape index (κ2) is 6.34. The minimum absolute atomic E-state index is 0.224. The van der Waals surface area contributed by atoms with Crippen molar-refractivity contribution in [3.8, 4) is 0 Å². The highest BCUT2D eigenvalue weighted by Crippen LogP contribution is 2.22. The maximum Gasteiger partial charge on any atom is 0.0470 e. The molecule has 1 heterocycles. The lowest BCUT2D eigenvalue weighted by molar-refractivity contribution is 0.242. The van der Waals surface area contributed by atoms with E-state index in [1.807, 2.05) is 24.3 Å². The Hall–Kier alpha value is -0.870. The van der Waals surface area contributed by atoms with Crippen LogP contribution in [0.25, 0.3) is 0 Å². The first-order valence-electron chi connectivity index (χ1n) is 5.87. The number of halogens is 1. The lowest BCUT2D eigenvalue weighted by atomic mass is 10.1. The summed E-state index contributed by atoms with van der Waals surface area (Å²) in [6.07, 6.45) is 0. The molecule has 2 N–H and O–H groups in total. The van der Waals surface area contributed by atoms with E-state index < -0.39 is 0 Å². The largest absolute Gasteiger partial charge is 0.329 e. The standard InChI is InChI=1S/C14H17ClN2S/c1-17(9-11-6-7-18-10-11)14(8-16)12-2-4-13(15)5-3-12/h2-7,10,14H,8-9,16H2,1H3. The Labute approximate surface area is 117 Å². The van der Waals surface area contributed by atoms with Gasteiger partial charge in [0.1, 0.15) is 0 Å². The van der Waals surface area contributed by atoms with Crippen LogP contribution >= 0.6 is 22.9 Å². The van der Waals surface area contributed by atoms with Crippen molar-refractivity contribution in [2.75, 3.05) is 13.6 Å². The average molecular weight is 281 g/mol. The first-order chi connectivity index (χ1) is 8.70. The fourth-order valence-electron chi connectivity index (χ4n) is 2.04. The molecular formula is C14H17ClN2S. The Balaban J connectivity index is 2.10. The number of thiophene rings is 1. The summed E-state index contributed by atoms with van der Waals surface area (Å²) in [6, 6.07) is 10.3. The highest BCUT2D eigenvalue weighted by molar-refractivity contribution is 7.07. The summed E-state index contributed by atoms with van der Waals surface area (Å²) in [4.78, 5) is 2.27. The number of rotatable bonds is 5. The van der Waals surface area contributed by atoms with E-state index in [1.165, 1.54) is 11.1 Å². The van der Waals surface area contributed by atoms with E-state index in [2.05, 4.69) is 28.8 Å². The van der Waals surface area contributed by atoms with Crippen LogP contribution in [0.1, 0.15) is 17.2 Å². The Morgan fingerprint density at radius 3 is 2.56 bits per heavy atom. The topological polar surface area (TPSA) is 29.3 Å². The summed E-state index contributed by atoms with van der Waals surface area (Å²) in [5, 5.41) is 5.03. The molecule has 0 aliphatic rings. The van der Waals surface area contributed by atoms with E-state index in [-0.39, 0.29) is 6.04 Å². The van der Waals surface area contributed by atoms with E-state index in [9.17, 15) is 0 Å². The third-order valence-corrected chi connectivity index (χ3v) is 4.01. The minimum Gasteiger partial charge on any atom is -0.329 e. The highest BCUT2D eigenvalue weighted by Gasteiger charge is 2.15. The number of nitrogens with two attached hydrogens (primary N) is 1. The van der Waals surface area contributed by atoms with Crippen molar-refractivity contribution in [1.82, 2.24) is 4.90 Å². The van der Waals surface area contributed by atoms with E-state index in [0.717, 1.165) is 11.6 Å². The summed E-state index contributed by atoms with van der Waals surface area (Å²) in [5.41, 5.74) is 8.44. The van der Waals surface area contributed by atoms with Gasteiger partial charge >= 0.3 is 0 Å². The van der Waals surface area contributed by atoms with Crippen LogP contribution < -0.4 is 5.73 Å². The van der Waals surface area contributed by atoms with E-state index in [4.69, 9.17) is 17.3 Å². The average Bonchev–Trinajstić information content (AvgIpc) is 2.85. The molecule has 0 aliphatic carbocycles. The Kier molecular flexibility index (Phi) is 4.78. The van der Waals surface area contributed by atoms with Crippen LogP contribution in [0.4, 0.5) is 0 Å². The SMILES string of the molecule is CN(Cc1ccsc1)C(CN)c1ccc(Cl)cc1. The molecular weight excluding hydrogens is 264 g/mol. The molecule has 1 aromatic heterocycles. The lowest BCUT2D eigenvalue weighted by Gasteiger charge is -2.27. The van der Waals surface area contributed by atoms with Gasteiger partial charge in [-0.3, -0.25) is 4.90 Å². The van der Waals surface area contributed by atoms with Crippen LogP contribution in [0.2, 0.25) is 5.02 Å². The lowest BCUT2D eigenvalue weighted by Crippen LogP contribution is -2.30. The molecule has 0 saturated heterocycles. The van der Waals surface area contributed by atoms with Gasteiger partial charge in [0, 0.05) is 24.2 Å². The van der Waals surface area contributed by atoms with Crippen LogP contribution in [-0.2, 0) is 6.54 Å². The first-order valence-corrected chi connectivity index (χ1v) is 7.19. The molecule has 0 radical (unpaired) electrons. The van der Waals surface area contributed by atoms with Gasteiger partial charge in [-0.1, -0.05) is 23.7 Å². The zero-order valence-electron chi connectivity index (χ0n) is 10.3. The van der Waals surface area contributed by atoms with Gasteiger partial charge in [0.25, 0.3) is 0 Å². The van der Waals surface area contributed by atoms with Crippen molar-refractivity contribution < 1.29 is 0 Å². The maximum atomic E-state index is 5.91. The summed E-state index contributed by atoms with van der Waals surface area (Å²) in [6.45, 7) is 1.51. The zero-order chi connectivity index (χ0) is 13.0. The van der Waals surface area contributed by atoms with Gasteiger partial charge in [-0.2, -0.15) is 11.3 Å². The number of likely N-dealkylation sites (N-methyl/N-ethyl adjacent to an activating group) is 1. The quantitative estimate of drug-likeness (QED) is 0.908. The van der Waals surface area contributed by atoms with Gasteiger partial charge in [-0.25, -0.2) is 0 Å². The molecule has 0 spiro atoms. The molecule has 0 saturated carbocycles. The second-order valence-corrected chi connectivity index (χ2v) is 5.57. The number of hydrogen-bond acceptors (Lipinski definition) is 3.